The molecule has 32 heavy (non-hydrogen) atoms. The monoisotopic (exact) mass is 444 g/mol. The molecule has 0 unspecified atom stereocenters. The predicted molar refractivity (Wildman–Crippen MR) is 128 cm³/mol. The third kappa shape index (κ3) is 4.32. The van der Waals surface area contributed by atoms with Crippen molar-refractivity contribution in [1.82, 2.24) is 0 Å². The van der Waals surface area contributed by atoms with Crippen molar-refractivity contribution in [1.29, 1.82) is 0 Å². The van der Waals surface area contributed by atoms with E-state index in [1.165, 1.54) is 24.3 Å². The van der Waals surface area contributed by atoms with Gasteiger partial charge < -0.3 is 4.18 Å². The highest BCUT2D eigenvalue weighted by Gasteiger charge is 2.36. The highest BCUT2D eigenvalue weighted by Crippen LogP contribution is 2.69. The maximum atomic E-state index is 13.4. The van der Waals surface area contributed by atoms with E-state index in [1.54, 1.807) is 0 Å². The van der Waals surface area contributed by atoms with Gasteiger partial charge in [-0.15, -0.1) is 0 Å². The van der Waals surface area contributed by atoms with Gasteiger partial charge in [0.05, 0.1) is 5.56 Å². The van der Waals surface area contributed by atoms with Crippen molar-refractivity contribution in [3.8, 4) is 0 Å². The van der Waals surface area contributed by atoms with Crippen LogP contribution in [0.1, 0.15) is 27.0 Å². The van der Waals surface area contributed by atoms with Gasteiger partial charge in [-0.2, -0.15) is 0 Å². The van der Waals surface area contributed by atoms with E-state index in [2.05, 4.69) is 0 Å². The Morgan fingerprint density at radius 1 is 0.594 bits per heavy atom. The fourth-order valence-electron chi connectivity index (χ4n) is 3.49. The Hall–Kier alpha value is -3.37. The van der Waals surface area contributed by atoms with Crippen LogP contribution in [0.15, 0.2) is 112 Å². The third-order valence-corrected chi connectivity index (χ3v) is 8.55. The van der Waals surface area contributed by atoms with Gasteiger partial charge in [0.15, 0.2) is 0 Å². The summed E-state index contributed by atoms with van der Waals surface area (Å²) in [6, 6.07) is 29.8. The first-order valence-corrected chi connectivity index (χ1v) is 12.0. The molecule has 4 aromatic rings. The zero-order valence-corrected chi connectivity index (χ0v) is 19.2. The second-order valence-electron chi connectivity index (χ2n) is 7.87. The van der Waals surface area contributed by atoms with E-state index < -0.39 is 22.1 Å². The number of hydrogen-bond donors (Lipinski definition) is 0. The Balaban J connectivity index is 1.96. The largest absolute Gasteiger partial charge is 0.398 e. The lowest BCUT2D eigenvalue weighted by molar-refractivity contribution is 0.0757. The van der Waals surface area contributed by atoms with Gasteiger partial charge in [-0.05, 0) is 91.7 Å². The molecule has 0 atom stereocenters. The summed E-state index contributed by atoms with van der Waals surface area (Å²) in [4.78, 5) is 16.1. The van der Waals surface area contributed by atoms with Gasteiger partial charge in [-0.1, -0.05) is 53.1 Å². The standard InChI is InChI=1S/C28H25FO2S/c1-20-4-14-25(15-5-20)32(26-16-6-21(2)7-17-26,27-18-8-22(3)9-19-27)31-28(30)23-10-12-24(29)13-11-23/h4-19H,1-3H3. The van der Waals surface area contributed by atoms with Crippen LogP contribution in [0, 0.1) is 26.6 Å². The van der Waals surface area contributed by atoms with Crippen molar-refractivity contribution in [2.24, 2.45) is 0 Å². The lowest BCUT2D eigenvalue weighted by Gasteiger charge is -2.40. The summed E-state index contributed by atoms with van der Waals surface area (Å²) >= 11 is 0. The molecule has 0 aliphatic carbocycles. The van der Waals surface area contributed by atoms with Crippen LogP contribution >= 0.6 is 10.3 Å². The average Bonchev–Trinajstić information content (AvgIpc) is 2.80. The third-order valence-electron chi connectivity index (χ3n) is 5.34. The van der Waals surface area contributed by atoms with Crippen molar-refractivity contribution in [2.45, 2.75) is 35.5 Å². The van der Waals surface area contributed by atoms with Gasteiger partial charge in [-0.25, -0.2) is 9.18 Å². The van der Waals surface area contributed by atoms with Gasteiger partial charge in [0.2, 0.25) is 0 Å². The Labute approximate surface area is 190 Å². The molecular formula is C28H25FO2S. The molecule has 0 aliphatic rings. The molecule has 4 aromatic carbocycles. The molecule has 0 radical (unpaired) electrons. The Kier molecular flexibility index (Phi) is 6.15. The molecule has 0 saturated carbocycles. The number of halogens is 1. The van der Waals surface area contributed by atoms with Crippen LogP contribution in [-0.2, 0) is 4.18 Å². The second-order valence-corrected chi connectivity index (χ2v) is 10.6. The van der Waals surface area contributed by atoms with Crippen LogP contribution in [0.2, 0.25) is 0 Å². The number of rotatable bonds is 5. The summed E-state index contributed by atoms with van der Waals surface area (Å²) in [5.74, 6) is -0.877. The molecule has 0 heterocycles. The van der Waals surface area contributed by atoms with Crippen molar-refractivity contribution in [3.63, 3.8) is 0 Å². The number of benzene rings is 4. The summed E-state index contributed by atoms with van der Waals surface area (Å²) in [7, 11) is -2.38. The molecule has 4 heteroatoms. The van der Waals surface area contributed by atoms with E-state index >= 15 is 0 Å². The number of carbonyl (C=O) groups excluding carboxylic acids is 1. The molecule has 162 valence electrons. The predicted octanol–water partition coefficient (Wildman–Crippen LogP) is 7.80. The number of hydrogen-bond acceptors (Lipinski definition) is 2. The quantitative estimate of drug-likeness (QED) is 0.314. The van der Waals surface area contributed by atoms with Crippen LogP contribution in [0.3, 0.4) is 0 Å². The van der Waals surface area contributed by atoms with E-state index in [-0.39, 0.29) is 0 Å². The Bertz CT molecular complexity index is 1100. The number of aryl methyl sites for hydroxylation is 3. The molecule has 0 fully saturated rings. The molecule has 0 aliphatic heterocycles. The first-order valence-electron chi connectivity index (χ1n) is 10.4. The lowest BCUT2D eigenvalue weighted by atomic mass is 10.2. The summed E-state index contributed by atoms with van der Waals surface area (Å²) in [5, 5.41) is 0. The summed E-state index contributed by atoms with van der Waals surface area (Å²) in [6.45, 7) is 6.09. The van der Waals surface area contributed by atoms with E-state index in [1.807, 2.05) is 93.6 Å². The molecular weight excluding hydrogens is 419 g/mol. The highest BCUT2D eigenvalue weighted by atomic mass is 32.3. The van der Waals surface area contributed by atoms with Gasteiger partial charge >= 0.3 is 5.97 Å². The topological polar surface area (TPSA) is 26.3 Å². The Morgan fingerprint density at radius 3 is 1.28 bits per heavy atom. The van der Waals surface area contributed by atoms with Crippen LogP contribution in [0.4, 0.5) is 4.39 Å². The SMILES string of the molecule is Cc1ccc(S(OC(=O)c2ccc(F)cc2)(c2ccc(C)cc2)c2ccc(C)cc2)cc1. The second kappa shape index (κ2) is 9.01. The highest BCUT2D eigenvalue weighted by molar-refractivity contribution is 8.30. The van der Waals surface area contributed by atoms with Crippen molar-refractivity contribution < 1.29 is 13.4 Å². The van der Waals surface area contributed by atoms with E-state index in [0.717, 1.165) is 31.4 Å². The Morgan fingerprint density at radius 2 is 0.938 bits per heavy atom. The lowest BCUT2D eigenvalue weighted by Crippen LogP contribution is -2.14. The van der Waals surface area contributed by atoms with Crippen LogP contribution in [-0.4, -0.2) is 5.97 Å². The maximum absolute atomic E-state index is 13.4. The summed E-state index contributed by atoms with van der Waals surface area (Å²) in [6.07, 6.45) is 0. The molecule has 2 nitrogen and oxygen atoms in total. The van der Waals surface area contributed by atoms with Gasteiger partial charge in [0, 0.05) is 14.7 Å². The first kappa shape index (κ1) is 21.8. The summed E-state index contributed by atoms with van der Waals surface area (Å²) < 4.78 is 19.9. The minimum atomic E-state index is -2.38. The average molecular weight is 445 g/mol. The van der Waals surface area contributed by atoms with Gasteiger partial charge in [-0.3, -0.25) is 0 Å². The zero-order chi connectivity index (χ0) is 22.7. The van der Waals surface area contributed by atoms with Crippen LogP contribution < -0.4 is 0 Å². The van der Waals surface area contributed by atoms with Crippen LogP contribution in [0.5, 0.6) is 0 Å². The van der Waals surface area contributed by atoms with Gasteiger partial charge in [0.1, 0.15) is 5.82 Å². The fraction of sp³-hybridized carbons (Fsp3) is 0.107. The zero-order valence-electron chi connectivity index (χ0n) is 18.3. The summed E-state index contributed by atoms with van der Waals surface area (Å²) in [5.41, 5.74) is 3.69. The van der Waals surface area contributed by atoms with Crippen LogP contribution in [0.25, 0.3) is 0 Å². The van der Waals surface area contributed by atoms with E-state index in [4.69, 9.17) is 4.18 Å². The molecule has 0 N–H and O–H groups in total. The molecule has 0 bridgehead atoms. The molecule has 4 rings (SSSR count). The van der Waals surface area contributed by atoms with Crippen molar-refractivity contribution >= 4 is 16.3 Å². The normalized spacial score (nSPS) is 11.8. The molecule has 0 amide bonds. The van der Waals surface area contributed by atoms with Crippen molar-refractivity contribution in [3.05, 3.63) is 125 Å². The molecule has 0 saturated heterocycles. The van der Waals surface area contributed by atoms with Gasteiger partial charge in [0.25, 0.3) is 0 Å². The first-order chi connectivity index (χ1) is 15.4. The smallest absolute Gasteiger partial charge is 0.349 e. The van der Waals surface area contributed by atoms with E-state index in [9.17, 15) is 9.18 Å². The maximum Gasteiger partial charge on any atom is 0.349 e. The fourth-order valence-corrected chi connectivity index (χ4v) is 6.48. The van der Waals surface area contributed by atoms with E-state index in [0.29, 0.717) is 5.56 Å². The molecule has 0 spiro atoms. The molecule has 0 aromatic heterocycles. The van der Waals surface area contributed by atoms with Crippen molar-refractivity contribution in [2.75, 3.05) is 0 Å². The minimum absolute atomic E-state index is 0.314. The number of carbonyl (C=O) groups is 1. The minimum Gasteiger partial charge on any atom is -0.398 e.